The molecule has 1 aliphatic rings. The molecule has 0 aromatic rings. The summed E-state index contributed by atoms with van der Waals surface area (Å²) in [5.41, 5.74) is 5.72. The topological polar surface area (TPSA) is 52.3 Å². The highest BCUT2D eigenvalue weighted by molar-refractivity contribution is 5.72. The summed E-state index contributed by atoms with van der Waals surface area (Å²) in [4.78, 5) is 12.0. The van der Waals surface area contributed by atoms with E-state index in [1.807, 2.05) is 13.8 Å². The van der Waals surface area contributed by atoms with Gasteiger partial charge in [-0.3, -0.25) is 4.79 Å². The summed E-state index contributed by atoms with van der Waals surface area (Å²) in [7, 11) is 0. The van der Waals surface area contributed by atoms with Crippen LogP contribution in [0.15, 0.2) is 0 Å². The smallest absolute Gasteiger partial charge is 0.308 e. The molecule has 0 bridgehead atoms. The minimum absolute atomic E-state index is 0.00582. The Morgan fingerprint density at radius 1 is 1.16 bits per heavy atom. The summed E-state index contributed by atoms with van der Waals surface area (Å²) >= 11 is 0. The summed E-state index contributed by atoms with van der Waals surface area (Å²) in [6, 6.07) is 0.225. The first-order chi connectivity index (χ1) is 8.88. The fraction of sp³-hybridized carbons (Fsp3) is 0.938. The highest BCUT2D eigenvalue weighted by atomic mass is 16.5. The number of rotatable bonds is 6. The van der Waals surface area contributed by atoms with Crippen molar-refractivity contribution < 1.29 is 9.53 Å². The number of esters is 1. The third kappa shape index (κ3) is 6.42. The zero-order valence-corrected chi connectivity index (χ0v) is 13.0. The predicted molar refractivity (Wildman–Crippen MR) is 78.7 cm³/mol. The zero-order chi connectivity index (χ0) is 14.4. The largest absolute Gasteiger partial charge is 0.462 e. The molecule has 0 amide bonds. The van der Waals surface area contributed by atoms with Crippen molar-refractivity contribution in [2.24, 2.45) is 23.5 Å². The van der Waals surface area contributed by atoms with E-state index in [1.165, 1.54) is 6.42 Å². The number of nitrogens with two attached hydrogens (primary N) is 1. The van der Waals surface area contributed by atoms with E-state index in [2.05, 4.69) is 13.8 Å². The summed E-state index contributed by atoms with van der Waals surface area (Å²) < 4.78 is 5.68. The molecule has 1 rings (SSSR count). The quantitative estimate of drug-likeness (QED) is 0.751. The van der Waals surface area contributed by atoms with Crippen LogP contribution in [0.4, 0.5) is 0 Å². The van der Waals surface area contributed by atoms with E-state index in [0.29, 0.717) is 11.8 Å². The van der Waals surface area contributed by atoms with Crippen molar-refractivity contribution >= 4 is 5.97 Å². The standard InChI is InChI=1S/C16H31NO2/c1-11-8-12(2)10-15(9-11)19-16(18)13(3)6-5-7-14(4)17/h11-15H,5-10,17H2,1-4H3. The van der Waals surface area contributed by atoms with Gasteiger partial charge >= 0.3 is 5.97 Å². The Bertz CT molecular complexity index is 268. The average Bonchev–Trinajstić information content (AvgIpc) is 2.26. The maximum Gasteiger partial charge on any atom is 0.308 e. The Kier molecular flexibility index (Phi) is 6.84. The van der Waals surface area contributed by atoms with E-state index in [4.69, 9.17) is 10.5 Å². The van der Waals surface area contributed by atoms with Crippen LogP contribution in [0.25, 0.3) is 0 Å². The summed E-state index contributed by atoms with van der Waals surface area (Å²) in [6.45, 7) is 8.48. The van der Waals surface area contributed by atoms with Crippen LogP contribution in [0.2, 0.25) is 0 Å². The van der Waals surface area contributed by atoms with Crippen molar-refractivity contribution in [3.05, 3.63) is 0 Å². The van der Waals surface area contributed by atoms with E-state index >= 15 is 0 Å². The average molecular weight is 269 g/mol. The van der Waals surface area contributed by atoms with Gasteiger partial charge in [-0.05, 0) is 50.9 Å². The lowest BCUT2D eigenvalue weighted by Crippen LogP contribution is -2.30. The molecule has 3 nitrogen and oxygen atoms in total. The molecule has 4 unspecified atom stereocenters. The lowest BCUT2D eigenvalue weighted by atomic mass is 9.82. The Balaban J connectivity index is 2.29. The van der Waals surface area contributed by atoms with Crippen LogP contribution in [-0.4, -0.2) is 18.1 Å². The molecule has 0 aromatic carbocycles. The summed E-state index contributed by atoms with van der Waals surface area (Å²) in [6.07, 6.45) is 6.34. The van der Waals surface area contributed by atoms with E-state index < -0.39 is 0 Å². The third-order valence-electron chi connectivity index (χ3n) is 4.12. The first-order valence-corrected chi connectivity index (χ1v) is 7.84. The molecular formula is C16H31NO2. The van der Waals surface area contributed by atoms with Gasteiger partial charge in [0.25, 0.3) is 0 Å². The predicted octanol–water partition coefficient (Wildman–Crippen LogP) is 3.51. The van der Waals surface area contributed by atoms with E-state index in [1.54, 1.807) is 0 Å². The van der Waals surface area contributed by atoms with Crippen LogP contribution < -0.4 is 5.73 Å². The SMILES string of the molecule is CC(N)CCCC(C)C(=O)OC1CC(C)CC(C)C1. The van der Waals surface area contributed by atoms with Gasteiger partial charge < -0.3 is 10.5 Å². The van der Waals surface area contributed by atoms with E-state index in [0.717, 1.165) is 32.1 Å². The van der Waals surface area contributed by atoms with Gasteiger partial charge in [0, 0.05) is 6.04 Å². The first kappa shape index (κ1) is 16.5. The maximum atomic E-state index is 12.0. The van der Waals surface area contributed by atoms with Crippen molar-refractivity contribution in [3.8, 4) is 0 Å². The van der Waals surface area contributed by atoms with E-state index in [-0.39, 0.29) is 24.0 Å². The number of ether oxygens (including phenoxy) is 1. The van der Waals surface area contributed by atoms with Crippen LogP contribution >= 0.6 is 0 Å². The Morgan fingerprint density at radius 2 is 1.74 bits per heavy atom. The molecule has 0 saturated heterocycles. The molecular weight excluding hydrogens is 238 g/mol. The normalized spacial score (nSPS) is 30.7. The number of hydrogen-bond acceptors (Lipinski definition) is 3. The van der Waals surface area contributed by atoms with Gasteiger partial charge in [0.15, 0.2) is 0 Å². The third-order valence-corrected chi connectivity index (χ3v) is 4.12. The molecule has 0 aromatic heterocycles. The molecule has 4 atom stereocenters. The van der Waals surface area contributed by atoms with Crippen molar-refractivity contribution in [1.82, 2.24) is 0 Å². The van der Waals surface area contributed by atoms with Gasteiger partial charge in [-0.2, -0.15) is 0 Å². The molecule has 2 N–H and O–H groups in total. The van der Waals surface area contributed by atoms with Gasteiger partial charge in [0.05, 0.1) is 5.92 Å². The maximum absolute atomic E-state index is 12.0. The van der Waals surface area contributed by atoms with Gasteiger partial charge in [-0.25, -0.2) is 0 Å². The second-order valence-corrected chi connectivity index (χ2v) is 6.79. The van der Waals surface area contributed by atoms with Gasteiger partial charge in [-0.15, -0.1) is 0 Å². The molecule has 1 saturated carbocycles. The lowest BCUT2D eigenvalue weighted by molar-refractivity contribution is -0.156. The molecule has 1 aliphatic carbocycles. The van der Waals surface area contributed by atoms with E-state index in [9.17, 15) is 4.79 Å². The van der Waals surface area contributed by atoms with Crippen LogP contribution in [0.1, 0.15) is 66.2 Å². The fourth-order valence-corrected chi connectivity index (χ4v) is 3.11. The Morgan fingerprint density at radius 3 is 2.26 bits per heavy atom. The van der Waals surface area contributed by atoms with Crippen molar-refractivity contribution in [1.29, 1.82) is 0 Å². The van der Waals surface area contributed by atoms with Gasteiger partial charge in [0.2, 0.25) is 0 Å². The molecule has 0 aliphatic heterocycles. The molecule has 1 fully saturated rings. The van der Waals surface area contributed by atoms with Crippen LogP contribution in [0, 0.1) is 17.8 Å². The molecule has 0 radical (unpaired) electrons. The Hall–Kier alpha value is -0.570. The molecule has 112 valence electrons. The number of carbonyl (C=O) groups is 1. The number of hydrogen-bond donors (Lipinski definition) is 1. The summed E-state index contributed by atoms with van der Waals surface area (Å²) in [5.74, 6) is 1.34. The van der Waals surface area contributed by atoms with Crippen LogP contribution in [-0.2, 0) is 9.53 Å². The minimum Gasteiger partial charge on any atom is -0.462 e. The van der Waals surface area contributed by atoms with Gasteiger partial charge in [-0.1, -0.05) is 27.2 Å². The summed E-state index contributed by atoms with van der Waals surface area (Å²) in [5, 5.41) is 0. The fourth-order valence-electron chi connectivity index (χ4n) is 3.11. The van der Waals surface area contributed by atoms with Crippen molar-refractivity contribution in [2.45, 2.75) is 78.4 Å². The molecule has 0 spiro atoms. The second-order valence-electron chi connectivity index (χ2n) is 6.79. The molecule has 3 heteroatoms. The van der Waals surface area contributed by atoms with Crippen molar-refractivity contribution in [2.75, 3.05) is 0 Å². The minimum atomic E-state index is -0.0176. The number of carbonyl (C=O) groups excluding carboxylic acids is 1. The molecule has 0 heterocycles. The molecule has 19 heavy (non-hydrogen) atoms. The lowest BCUT2D eigenvalue weighted by Gasteiger charge is -2.31. The second kappa shape index (κ2) is 7.88. The van der Waals surface area contributed by atoms with Crippen LogP contribution in [0.5, 0.6) is 0 Å². The Labute approximate surface area is 118 Å². The zero-order valence-electron chi connectivity index (χ0n) is 13.0. The van der Waals surface area contributed by atoms with Crippen molar-refractivity contribution in [3.63, 3.8) is 0 Å². The monoisotopic (exact) mass is 269 g/mol. The first-order valence-electron chi connectivity index (χ1n) is 7.84. The van der Waals surface area contributed by atoms with Crippen LogP contribution in [0.3, 0.4) is 0 Å². The van der Waals surface area contributed by atoms with Gasteiger partial charge in [0.1, 0.15) is 6.10 Å². The highest BCUT2D eigenvalue weighted by Gasteiger charge is 2.27. The highest BCUT2D eigenvalue weighted by Crippen LogP contribution is 2.31.